The first kappa shape index (κ1) is 16.1. The first-order chi connectivity index (χ1) is 12.6. The number of aromatic nitrogens is 2. The highest BCUT2D eigenvalue weighted by Crippen LogP contribution is 2.48. The van der Waals surface area contributed by atoms with Gasteiger partial charge in [0.25, 0.3) is 0 Å². The van der Waals surface area contributed by atoms with Crippen LogP contribution in [0.5, 0.6) is 0 Å². The van der Waals surface area contributed by atoms with E-state index < -0.39 is 11.6 Å². The van der Waals surface area contributed by atoms with Gasteiger partial charge in [-0.3, -0.25) is 4.90 Å². The molecule has 1 aromatic carbocycles. The summed E-state index contributed by atoms with van der Waals surface area (Å²) in [4.78, 5) is 13.6. The summed E-state index contributed by atoms with van der Waals surface area (Å²) in [6, 6.07) is 7.03. The molecule has 0 amide bonds. The summed E-state index contributed by atoms with van der Waals surface area (Å²) < 4.78 is 28.5. The fourth-order valence-corrected chi connectivity index (χ4v) is 5.37. The van der Waals surface area contributed by atoms with Crippen molar-refractivity contribution < 1.29 is 8.78 Å². The van der Waals surface area contributed by atoms with Gasteiger partial charge in [-0.1, -0.05) is 12.1 Å². The number of hydrogen-bond donors (Lipinski definition) is 0. The van der Waals surface area contributed by atoms with Crippen molar-refractivity contribution in [3.05, 3.63) is 53.5 Å². The molecule has 1 aromatic heterocycles. The molecule has 4 aliphatic rings. The van der Waals surface area contributed by atoms with Crippen LogP contribution in [-0.4, -0.2) is 46.6 Å². The van der Waals surface area contributed by atoms with Gasteiger partial charge < -0.3 is 4.90 Å². The van der Waals surface area contributed by atoms with E-state index in [-0.39, 0.29) is 12.0 Å². The summed E-state index contributed by atoms with van der Waals surface area (Å²) in [7, 11) is 0. The van der Waals surface area contributed by atoms with Crippen molar-refractivity contribution in [2.75, 3.05) is 24.5 Å². The quantitative estimate of drug-likeness (QED) is 0.828. The van der Waals surface area contributed by atoms with E-state index in [0.717, 1.165) is 24.7 Å². The molecule has 6 rings (SSSR count). The monoisotopic (exact) mass is 356 g/mol. The zero-order valence-corrected chi connectivity index (χ0v) is 14.8. The van der Waals surface area contributed by atoms with Gasteiger partial charge in [0, 0.05) is 30.7 Å². The minimum absolute atomic E-state index is 0.0472. The smallest absolute Gasteiger partial charge is 0.162 e. The highest BCUT2D eigenvalue weighted by Gasteiger charge is 2.54. The molecule has 4 aliphatic heterocycles. The van der Waals surface area contributed by atoms with Gasteiger partial charge in [0.2, 0.25) is 0 Å². The first-order valence-electron chi connectivity index (χ1n) is 9.38. The molecule has 4 saturated heterocycles. The van der Waals surface area contributed by atoms with E-state index in [1.165, 1.54) is 18.9 Å². The number of piperidine rings is 3. The van der Waals surface area contributed by atoms with Crippen LogP contribution in [0.25, 0.3) is 0 Å². The van der Waals surface area contributed by atoms with Crippen molar-refractivity contribution in [3.8, 4) is 0 Å². The normalized spacial score (nSPS) is 32.7. The minimum Gasteiger partial charge on any atom is -0.351 e. The summed E-state index contributed by atoms with van der Waals surface area (Å²) in [6.07, 6.45) is 4.12. The molecule has 0 spiro atoms. The van der Waals surface area contributed by atoms with E-state index in [9.17, 15) is 8.78 Å². The van der Waals surface area contributed by atoms with Gasteiger partial charge in [0.1, 0.15) is 11.6 Å². The summed E-state index contributed by atoms with van der Waals surface area (Å²) >= 11 is 0. The van der Waals surface area contributed by atoms with Crippen LogP contribution in [0.1, 0.15) is 30.1 Å². The van der Waals surface area contributed by atoms with E-state index >= 15 is 0 Å². The number of halogens is 2. The Labute approximate surface area is 151 Å². The number of fused-ring (bicyclic) bond motifs is 2. The van der Waals surface area contributed by atoms with Crippen molar-refractivity contribution in [3.63, 3.8) is 0 Å². The molecule has 2 aromatic rings. The molecule has 0 N–H and O–H groups in total. The van der Waals surface area contributed by atoms with Gasteiger partial charge in [-0.25, -0.2) is 18.7 Å². The topological polar surface area (TPSA) is 32.3 Å². The van der Waals surface area contributed by atoms with Crippen molar-refractivity contribution in [2.45, 2.75) is 37.8 Å². The van der Waals surface area contributed by atoms with Crippen LogP contribution in [-0.2, 0) is 0 Å². The average molecular weight is 356 g/mol. The van der Waals surface area contributed by atoms with Crippen LogP contribution in [0.4, 0.5) is 14.6 Å². The standard InChI is InChI=1S/C20H22F2N4/c1-12-23-8-5-17(24-12)26-11-15(14-3-2-4-16(21)18(14)22)20-19(26)13-6-9-25(20)10-7-13/h2-5,8,13,15,19-20H,6-7,9-11H2,1H3/t15-,19-,20-/m1/s1. The van der Waals surface area contributed by atoms with Crippen LogP contribution in [0, 0.1) is 24.5 Å². The van der Waals surface area contributed by atoms with Crippen LogP contribution in [0.15, 0.2) is 30.5 Å². The Morgan fingerprint density at radius 1 is 1.08 bits per heavy atom. The first-order valence-corrected chi connectivity index (χ1v) is 9.38. The number of rotatable bonds is 2. The molecule has 2 bridgehead atoms. The van der Waals surface area contributed by atoms with E-state index in [4.69, 9.17) is 0 Å². The van der Waals surface area contributed by atoms with Crippen LogP contribution in [0.2, 0.25) is 0 Å². The van der Waals surface area contributed by atoms with E-state index in [1.54, 1.807) is 18.3 Å². The molecule has 4 fully saturated rings. The predicted octanol–water partition coefficient (Wildman–Crippen LogP) is 3.13. The Kier molecular flexibility index (Phi) is 3.71. The second-order valence-corrected chi connectivity index (χ2v) is 7.72. The predicted molar refractivity (Wildman–Crippen MR) is 95.1 cm³/mol. The molecule has 0 unspecified atom stereocenters. The summed E-state index contributed by atoms with van der Waals surface area (Å²) in [6.45, 7) is 4.66. The molecule has 136 valence electrons. The van der Waals surface area contributed by atoms with Gasteiger partial charge in [0.15, 0.2) is 11.6 Å². The largest absolute Gasteiger partial charge is 0.351 e. The van der Waals surface area contributed by atoms with Gasteiger partial charge >= 0.3 is 0 Å². The zero-order chi connectivity index (χ0) is 17.8. The average Bonchev–Trinajstić information content (AvgIpc) is 3.08. The minimum atomic E-state index is -0.758. The summed E-state index contributed by atoms with van der Waals surface area (Å²) in [5.41, 5.74) is 0.501. The molecule has 0 radical (unpaired) electrons. The maximum Gasteiger partial charge on any atom is 0.162 e. The van der Waals surface area contributed by atoms with Gasteiger partial charge in [-0.15, -0.1) is 0 Å². The lowest BCUT2D eigenvalue weighted by molar-refractivity contribution is 0.0350. The number of nitrogens with zero attached hydrogens (tertiary/aromatic N) is 4. The van der Waals surface area contributed by atoms with Gasteiger partial charge in [0.05, 0.1) is 0 Å². The van der Waals surface area contributed by atoms with Crippen molar-refractivity contribution >= 4 is 5.82 Å². The van der Waals surface area contributed by atoms with Crippen molar-refractivity contribution in [1.82, 2.24) is 14.9 Å². The van der Waals surface area contributed by atoms with E-state index in [0.29, 0.717) is 24.1 Å². The number of hydrogen-bond acceptors (Lipinski definition) is 4. The molecule has 4 nitrogen and oxygen atoms in total. The molecule has 5 heterocycles. The fraction of sp³-hybridized carbons (Fsp3) is 0.500. The van der Waals surface area contributed by atoms with Gasteiger partial charge in [-0.2, -0.15) is 0 Å². The molecular weight excluding hydrogens is 334 g/mol. The van der Waals surface area contributed by atoms with Gasteiger partial charge in [-0.05, 0) is 56.5 Å². The van der Waals surface area contributed by atoms with Crippen LogP contribution in [0.3, 0.4) is 0 Å². The molecule has 0 saturated carbocycles. The lowest BCUT2D eigenvalue weighted by atomic mass is 9.75. The summed E-state index contributed by atoms with van der Waals surface area (Å²) in [5, 5.41) is 0. The molecule has 26 heavy (non-hydrogen) atoms. The lowest BCUT2D eigenvalue weighted by Crippen LogP contribution is -2.60. The maximum absolute atomic E-state index is 14.6. The number of anilines is 1. The Morgan fingerprint density at radius 3 is 2.65 bits per heavy atom. The third-order valence-corrected chi connectivity index (χ3v) is 6.43. The second kappa shape index (κ2) is 5.98. The van der Waals surface area contributed by atoms with E-state index in [1.807, 2.05) is 13.0 Å². The van der Waals surface area contributed by atoms with Crippen LogP contribution >= 0.6 is 0 Å². The maximum atomic E-state index is 14.6. The van der Waals surface area contributed by atoms with E-state index in [2.05, 4.69) is 19.8 Å². The Balaban J connectivity index is 1.60. The summed E-state index contributed by atoms with van der Waals surface area (Å²) in [5.74, 6) is 0.725. The SMILES string of the molecule is Cc1nccc(N2C[C@H](c3cccc(F)c3F)[C@@H]3[C@H]2C2CCN3CC2)n1. The number of benzene rings is 1. The van der Waals surface area contributed by atoms with Crippen molar-refractivity contribution in [2.24, 2.45) is 5.92 Å². The third-order valence-electron chi connectivity index (χ3n) is 6.43. The molecule has 0 aliphatic carbocycles. The Bertz CT molecular complexity index is 834. The number of aryl methyl sites for hydroxylation is 1. The Morgan fingerprint density at radius 2 is 1.88 bits per heavy atom. The second-order valence-electron chi connectivity index (χ2n) is 7.72. The molecular formula is C20H22F2N4. The molecule has 3 atom stereocenters. The Hall–Kier alpha value is -2.08. The van der Waals surface area contributed by atoms with Crippen LogP contribution < -0.4 is 4.90 Å². The third kappa shape index (κ3) is 2.35. The fourth-order valence-electron chi connectivity index (χ4n) is 5.37. The lowest BCUT2D eigenvalue weighted by Gasteiger charge is -2.51. The zero-order valence-electron chi connectivity index (χ0n) is 14.8. The molecule has 6 heteroatoms. The van der Waals surface area contributed by atoms with Crippen molar-refractivity contribution in [1.29, 1.82) is 0 Å². The highest BCUT2D eigenvalue weighted by molar-refractivity contribution is 5.46. The highest BCUT2D eigenvalue weighted by atomic mass is 19.2.